The first-order valence-corrected chi connectivity index (χ1v) is 6.30. The highest BCUT2D eigenvalue weighted by Crippen LogP contribution is 2.22. The minimum absolute atomic E-state index is 0.0333. The number of aryl methyl sites for hydroxylation is 1. The van der Waals surface area contributed by atoms with Crippen molar-refractivity contribution in [1.82, 2.24) is 0 Å². The van der Waals surface area contributed by atoms with Crippen molar-refractivity contribution in [2.75, 3.05) is 6.61 Å². The van der Waals surface area contributed by atoms with Crippen molar-refractivity contribution < 1.29 is 17.9 Å². The average molecular weight is 275 g/mol. The number of halogens is 3. The Labute approximate surface area is 111 Å². The molecular formula is C14H20F3NO. The second kappa shape index (κ2) is 6.91. The third-order valence-electron chi connectivity index (χ3n) is 2.95. The number of hydrogen-bond donors (Lipinski definition) is 1. The molecule has 0 heterocycles. The predicted octanol–water partition coefficient (Wildman–Crippen LogP) is 3.74. The van der Waals surface area contributed by atoms with E-state index in [1.807, 2.05) is 31.2 Å². The molecule has 0 aliphatic heterocycles. The fraction of sp³-hybridized carbons (Fsp3) is 0.571. The maximum atomic E-state index is 12.0. The van der Waals surface area contributed by atoms with Crippen molar-refractivity contribution in [2.45, 2.75) is 45.0 Å². The molecule has 2 N–H and O–H groups in total. The molecule has 0 fully saturated rings. The van der Waals surface area contributed by atoms with Gasteiger partial charge in [0.15, 0.2) is 0 Å². The second-order valence-corrected chi connectivity index (χ2v) is 4.73. The molecule has 1 rings (SSSR count). The summed E-state index contributed by atoms with van der Waals surface area (Å²) in [4.78, 5) is 0. The molecule has 0 aliphatic rings. The van der Waals surface area contributed by atoms with E-state index >= 15 is 0 Å². The van der Waals surface area contributed by atoms with Gasteiger partial charge in [-0.05, 0) is 25.8 Å². The van der Waals surface area contributed by atoms with E-state index in [1.165, 1.54) is 0 Å². The van der Waals surface area contributed by atoms with Crippen LogP contribution in [-0.4, -0.2) is 18.9 Å². The Morgan fingerprint density at radius 1 is 1.21 bits per heavy atom. The van der Waals surface area contributed by atoms with Crippen LogP contribution in [0.2, 0.25) is 0 Å². The maximum absolute atomic E-state index is 12.0. The van der Waals surface area contributed by atoms with Gasteiger partial charge in [-0.1, -0.05) is 29.8 Å². The largest absolute Gasteiger partial charge is 0.389 e. The highest BCUT2D eigenvalue weighted by Gasteiger charge is 2.26. The van der Waals surface area contributed by atoms with E-state index in [2.05, 4.69) is 0 Å². The van der Waals surface area contributed by atoms with E-state index in [0.29, 0.717) is 0 Å². The summed E-state index contributed by atoms with van der Waals surface area (Å²) in [6.45, 7) is 3.82. The highest BCUT2D eigenvalue weighted by atomic mass is 19.4. The van der Waals surface area contributed by atoms with Gasteiger partial charge in [0.2, 0.25) is 0 Å². The van der Waals surface area contributed by atoms with Crippen LogP contribution in [0.25, 0.3) is 0 Å². The number of alkyl halides is 3. The van der Waals surface area contributed by atoms with Crippen LogP contribution in [0, 0.1) is 6.92 Å². The lowest BCUT2D eigenvalue weighted by molar-refractivity contribution is -0.138. The van der Waals surface area contributed by atoms with E-state index in [9.17, 15) is 13.2 Å². The van der Waals surface area contributed by atoms with Gasteiger partial charge in [-0.3, -0.25) is 0 Å². The van der Waals surface area contributed by atoms with Gasteiger partial charge in [-0.2, -0.15) is 13.2 Å². The lowest BCUT2D eigenvalue weighted by atomic mass is 10.0. The van der Waals surface area contributed by atoms with Crippen LogP contribution in [0.1, 0.15) is 36.9 Å². The molecule has 1 aromatic carbocycles. The Kier molecular flexibility index (Phi) is 5.82. The molecule has 1 aromatic rings. The Hall–Kier alpha value is -1.07. The van der Waals surface area contributed by atoms with Crippen molar-refractivity contribution in [3.63, 3.8) is 0 Å². The zero-order chi connectivity index (χ0) is 14.5. The van der Waals surface area contributed by atoms with Crippen LogP contribution in [0.15, 0.2) is 24.3 Å². The molecule has 0 saturated heterocycles. The van der Waals surface area contributed by atoms with E-state index < -0.39 is 12.6 Å². The maximum Gasteiger partial charge on any atom is 0.389 e. The molecular weight excluding hydrogens is 255 g/mol. The molecule has 2 unspecified atom stereocenters. The smallest absolute Gasteiger partial charge is 0.377 e. The summed E-state index contributed by atoms with van der Waals surface area (Å²) in [6, 6.07) is 7.40. The van der Waals surface area contributed by atoms with Gasteiger partial charge in [0.05, 0.1) is 12.1 Å². The summed E-state index contributed by atoms with van der Waals surface area (Å²) >= 11 is 0. The SMILES string of the molecule is Cc1ccc(C(N)C(C)OCCCC(F)(F)F)cc1. The number of benzene rings is 1. The van der Waals surface area contributed by atoms with Crippen molar-refractivity contribution in [3.05, 3.63) is 35.4 Å². The van der Waals surface area contributed by atoms with E-state index in [4.69, 9.17) is 10.5 Å². The molecule has 0 bridgehead atoms. The summed E-state index contributed by atoms with van der Waals surface area (Å²) in [7, 11) is 0. The van der Waals surface area contributed by atoms with Crippen molar-refractivity contribution in [1.29, 1.82) is 0 Å². The van der Waals surface area contributed by atoms with Crippen LogP contribution >= 0.6 is 0 Å². The van der Waals surface area contributed by atoms with Gasteiger partial charge >= 0.3 is 6.18 Å². The molecule has 0 aliphatic carbocycles. The molecule has 0 spiro atoms. The fourth-order valence-corrected chi connectivity index (χ4v) is 1.71. The number of rotatable bonds is 6. The standard InChI is InChI=1S/C14H20F3NO/c1-10-4-6-12(7-5-10)13(18)11(2)19-9-3-8-14(15,16)17/h4-7,11,13H,3,8-9,18H2,1-2H3. The normalized spacial score (nSPS) is 15.3. The first-order chi connectivity index (χ1) is 8.79. The Bertz CT molecular complexity index is 375. The van der Waals surface area contributed by atoms with Gasteiger partial charge in [0.25, 0.3) is 0 Å². The second-order valence-electron chi connectivity index (χ2n) is 4.73. The molecule has 2 atom stereocenters. The first-order valence-electron chi connectivity index (χ1n) is 6.30. The van der Waals surface area contributed by atoms with Crippen molar-refractivity contribution in [2.24, 2.45) is 5.73 Å². The van der Waals surface area contributed by atoms with Crippen LogP contribution in [0.3, 0.4) is 0 Å². The third-order valence-corrected chi connectivity index (χ3v) is 2.95. The summed E-state index contributed by atoms with van der Waals surface area (Å²) < 4.78 is 41.2. The zero-order valence-electron chi connectivity index (χ0n) is 11.2. The molecule has 0 saturated carbocycles. The summed E-state index contributed by atoms with van der Waals surface area (Å²) in [5.41, 5.74) is 8.07. The van der Waals surface area contributed by atoms with Gasteiger partial charge in [-0.15, -0.1) is 0 Å². The first kappa shape index (κ1) is 16.0. The van der Waals surface area contributed by atoms with E-state index in [-0.39, 0.29) is 25.2 Å². The third kappa shape index (κ3) is 6.07. The predicted molar refractivity (Wildman–Crippen MR) is 68.8 cm³/mol. The molecule has 0 radical (unpaired) electrons. The minimum atomic E-state index is -4.12. The number of nitrogens with two attached hydrogens (primary N) is 1. The Morgan fingerprint density at radius 3 is 2.32 bits per heavy atom. The lowest BCUT2D eigenvalue weighted by Gasteiger charge is -2.21. The van der Waals surface area contributed by atoms with Gasteiger partial charge in [0.1, 0.15) is 0 Å². The van der Waals surface area contributed by atoms with Gasteiger partial charge in [-0.25, -0.2) is 0 Å². The Balaban J connectivity index is 2.36. The molecule has 0 aromatic heterocycles. The van der Waals surface area contributed by atoms with Crippen LogP contribution in [0.5, 0.6) is 0 Å². The van der Waals surface area contributed by atoms with E-state index in [1.54, 1.807) is 6.92 Å². The molecule has 108 valence electrons. The summed E-state index contributed by atoms with van der Waals surface area (Å²) in [5, 5.41) is 0. The van der Waals surface area contributed by atoms with E-state index in [0.717, 1.165) is 11.1 Å². The van der Waals surface area contributed by atoms with Crippen LogP contribution < -0.4 is 5.73 Å². The minimum Gasteiger partial charge on any atom is -0.377 e. The van der Waals surface area contributed by atoms with Crippen LogP contribution in [0.4, 0.5) is 13.2 Å². The van der Waals surface area contributed by atoms with Gasteiger partial charge in [0, 0.05) is 13.0 Å². The van der Waals surface area contributed by atoms with Crippen molar-refractivity contribution in [3.8, 4) is 0 Å². The van der Waals surface area contributed by atoms with Crippen molar-refractivity contribution >= 4 is 0 Å². The Morgan fingerprint density at radius 2 is 1.79 bits per heavy atom. The lowest BCUT2D eigenvalue weighted by Crippen LogP contribution is -2.27. The monoisotopic (exact) mass is 275 g/mol. The molecule has 5 heteroatoms. The average Bonchev–Trinajstić information content (AvgIpc) is 2.33. The summed E-state index contributed by atoms with van der Waals surface area (Å²) in [5.74, 6) is 0. The number of ether oxygens (including phenoxy) is 1. The number of hydrogen-bond acceptors (Lipinski definition) is 2. The zero-order valence-corrected chi connectivity index (χ0v) is 11.2. The van der Waals surface area contributed by atoms with Gasteiger partial charge < -0.3 is 10.5 Å². The molecule has 2 nitrogen and oxygen atoms in total. The topological polar surface area (TPSA) is 35.2 Å². The molecule has 0 amide bonds. The fourth-order valence-electron chi connectivity index (χ4n) is 1.71. The highest BCUT2D eigenvalue weighted by molar-refractivity contribution is 5.24. The quantitative estimate of drug-likeness (QED) is 0.803. The molecule has 19 heavy (non-hydrogen) atoms. The summed E-state index contributed by atoms with van der Waals surface area (Å²) in [6.07, 6.45) is -5.28. The van der Waals surface area contributed by atoms with Crippen LogP contribution in [-0.2, 0) is 4.74 Å².